The molecule has 1 aromatic heterocycles. The quantitative estimate of drug-likeness (QED) is 0.868. The van der Waals surface area contributed by atoms with Gasteiger partial charge in [0.2, 0.25) is 5.95 Å². The summed E-state index contributed by atoms with van der Waals surface area (Å²) in [6.07, 6.45) is 7.16. The normalized spacial score (nSPS) is 30.8. The second-order valence-electron chi connectivity index (χ2n) is 5.24. The standard InChI is InChI=1S/C12H17ClN4/c13-10-6-16-12(14)17-11(10)15-5-9-4-7-1-2-8(9)3-7/h6-9H,1-5H2,(H3,14,15,16,17). The number of nitrogens with zero attached hydrogens (tertiary/aromatic N) is 2. The Hall–Kier alpha value is -1.03. The summed E-state index contributed by atoms with van der Waals surface area (Å²) in [6, 6.07) is 0. The minimum absolute atomic E-state index is 0.268. The molecule has 0 aliphatic heterocycles. The lowest BCUT2D eigenvalue weighted by molar-refractivity contribution is 0.348. The molecule has 5 heteroatoms. The molecule has 0 spiro atoms. The molecule has 2 bridgehead atoms. The number of rotatable bonds is 3. The molecule has 1 aromatic rings. The van der Waals surface area contributed by atoms with Crippen molar-refractivity contribution in [3.05, 3.63) is 11.2 Å². The minimum atomic E-state index is 0.268. The van der Waals surface area contributed by atoms with E-state index in [9.17, 15) is 0 Å². The molecule has 2 aliphatic carbocycles. The predicted octanol–water partition coefficient (Wildman–Crippen LogP) is 2.56. The van der Waals surface area contributed by atoms with Crippen LogP contribution in [0.5, 0.6) is 0 Å². The molecule has 2 saturated carbocycles. The van der Waals surface area contributed by atoms with E-state index in [-0.39, 0.29) is 5.95 Å². The van der Waals surface area contributed by atoms with Gasteiger partial charge in [0.1, 0.15) is 10.8 Å². The van der Waals surface area contributed by atoms with Crippen molar-refractivity contribution in [1.82, 2.24) is 9.97 Å². The predicted molar refractivity (Wildman–Crippen MR) is 68.9 cm³/mol. The molecule has 0 saturated heterocycles. The third kappa shape index (κ3) is 2.18. The number of hydrogen-bond donors (Lipinski definition) is 2. The third-order valence-corrected chi connectivity index (χ3v) is 4.46. The molecule has 92 valence electrons. The molecule has 3 N–H and O–H groups in total. The van der Waals surface area contributed by atoms with Gasteiger partial charge in [0, 0.05) is 6.54 Å². The van der Waals surface area contributed by atoms with Crippen LogP contribution in [0, 0.1) is 17.8 Å². The summed E-state index contributed by atoms with van der Waals surface area (Å²) in [5.74, 6) is 3.59. The maximum atomic E-state index is 6.02. The first-order valence-electron chi connectivity index (χ1n) is 6.24. The van der Waals surface area contributed by atoms with Gasteiger partial charge in [-0.1, -0.05) is 18.0 Å². The lowest BCUT2D eigenvalue weighted by Crippen LogP contribution is -2.20. The fourth-order valence-corrected chi connectivity index (χ4v) is 3.52. The maximum absolute atomic E-state index is 6.02. The van der Waals surface area contributed by atoms with Crippen molar-refractivity contribution in [1.29, 1.82) is 0 Å². The Morgan fingerprint density at radius 3 is 3.00 bits per heavy atom. The Labute approximate surface area is 106 Å². The summed E-state index contributed by atoms with van der Waals surface area (Å²) in [6.45, 7) is 0.956. The van der Waals surface area contributed by atoms with E-state index in [1.807, 2.05) is 0 Å². The zero-order valence-electron chi connectivity index (χ0n) is 9.69. The zero-order valence-corrected chi connectivity index (χ0v) is 10.5. The molecule has 3 atom stereocenters. The Bertz CT molecular complexity index is 423. The largest absolute Gasteiger partial charge is 0.368 e. The molecule has 0 amide bonds. The van der Waals surface area contributed by atoms with Crippen molar-refractivity contribution >= 4 is 23.4 Å². The van der Waals surface area contributed by atoms with Crippen LogP contribution in [0.4, 0.5) is 11.8 Å². The number of anilines is 2. The Balaban J connectivity index is 1.62. The van der Waals surface area contributed by atoms with Crippen molar-refractivity contribution in [2.24, 2.45) is 17.8 Å². The number of halogens is 1. The summed E-state index contributed by atoms with van der Waals surface area (Å²) in [5, 5.41) is 3.86. The van der Waals surface area contributed by atoms with Crippen molar-refractivity contribution in [3.63, 3.8) is 0 Å². The van der Waals surface area contributed by atoms with E-state index < -0.39 is 0 Å². The average Bonchev–Trinajstić information content (AvgIpc) is 2.92. The average molecular weight is 253 g/mol. The van der Waals surface area contributed by atoms with Crippen molar-refractivity contribution in [2.75, 3.05) is 17.6 Å². The lowest BCUT2D eigenvalue weighted by atomic mass is 9.89. The van der Waals surface area contributed by atoms with Gasteiger partial charge in [-0.25, -0.2) is 4.98 Å². The van der Waals surface area contributed by atoms with E-state index in [0.29, 0.717) is 10.8 Å². The molecule has 3 unspecified atom stereocenters. The number of nitrogen functional groups attached to an aromatic ring is 1. The van der Waals surface area contributed by atoms with Gasteiger partial charge in [0.15, 0.2) is 0 Å². The van der Waals surface area contributed by atoms with Gasteiger partial charge in [-0.05, 0) is 37.0 Å². The van der Waals surface area contributed by atoms with Gasteiger partial charge in [0.05, 0.1) is 6.20 Å². The monoisotopic (exact) mass is 252 g/mol. The van der Waals surface area contributed by atoms with Crippen molar-refractivity contribution < 1.29 is 0 Å². The summed E-state index contributed by atoms with van der Waals surface area (Å²) < 4.78 is 0. The first-order chi connectivity index (χ1) is 8.22. The van der Waals surface area contributed by atoms with Crippen LogP contribution in [0.25, 0.3) is 0 Å². The zero-order chi connectivity index (χ0) is 11.8. The Morgan fingerprint density at radius 2 is 2.29 bits per heavy atom. The van der Waals surface area contributed by atoms with Crippen LogP contribution in [0.2, 0.25) is 5.02 Å². The first-order valence-corrected chi connectivity index (χ1v) is 6.62. The molecule has 4 nitrogen and oxygen atoms in total. The number of hydrogen-bond acceptors (Lipinski definition) is 4. The molecule has 2 aliphatic rings. The summed E-state index contributed by atoms with van der Waals surface area (Å²) in [7, 11) is 0. The number of nitrogens with one attached hydrogen (secondary N) is 1. The molecular formula is C12H17ClN4. The van der Waals surface area contributed by atoms with E-state index in [2.05, 4.69) is 15.3 Å². The van der Waals surface area contributed by atoms with Gasteiger partial charge < -0.3 is 11.1 Å². The minimum Gasteiger partial charge on any atom is -0.368 e. The van der Waals surface area contributed by atoms with Gasteiger partial charge in [-0.15, -0.1) is 0 Å². The summed E-state index contributed by atoms with van der Waals surface area (Å²) >= 11 is 6.02. The van der Waals surface area contributed by atoms with Crippen LogP contribution in [0.3, 0.4) is 0 Å². The lowest BCUT2D eigenvalue weighted by Gasteiger charge is -2.22. The SMILES string of the molecule is Nc1ncc(Cl)c(NCC2CC3CCC2C3)n1. The third-order valence-electron chi connectivity index (χ3n) is 4.18. The van der Waals surface area contributed by atoms with Gasteiger partial charge >= 0.3 is 0 Å². The molecule has 1 heterocycles. The number of aromatic nitrogens is 2. The van der Waals surface area contributed by atoms with Crippen LogP contribution in [-0.4, -0.2) is 16.5 Å². The van der Waals surface area contributed by atoms with Gasteiger partial charge in [-0.2, -0.15) is 4.98 Å². The second kappa shape index (κ2) is 4.33. The topological polar surface area (TPSA) is 63.8 Å². The van der Waals surface area contributed by atoms with Crippen LogP contribution in [0.1, 0.15) is 25.7 Å². The molecule has 0 aromatic carbocycles. The maximum Gasteiger partial charge on any atom is 0.222 e. The van der Waals surface area contributed by atoms with Crippen LogP contribution >= 0.6 is 11.6 Å². The molecule has 2 fully saturated rings. The summed E-state index contributed by atoms with van der Waals surface area (Å²) in [5.41, 5.74) is 5.55. The Kier molecular flexibility index (Phi) is 2.82. The van der Waals surface area contributed by atoms with Gasteiger partial charge in [-0.3, -0.25) is 0 Å². The smallest absolute Gasteiger partial charge is 0.222 e. The van der Waals surface area contributed by atoms with Crippen molar-refractivity contribution in [3.8, 4) is 0 Å². The Morgan fingerprint density at radius 1 is 1.41 bits per heavy atom. The van der Waals surface area contributed by atoms with E-state index in [1.165, 1.54) is 25.7 Å². The highest BCUT2D eigenvalue weighted by Crippen LogP contribution is 2.48. The molecule has 3 rings (SSSR count). The van der Waals surface area contributed by atoms with Crippen molar-refractivity contribution in [2.45, 2.75) is 25.7 Å². The highest BCUT2D eigenvalue weighted by atomic mass is 35.5. The molecule has 0 radical (unpaired) electrons. The number of fused-ring (bicyclic) bond motifs is 2. The van der Waals surface area contributed by atoms with E-state index in [4.69, 9.17) is 17.3 Å². The van der Waals surface area contributed by atoms with Crippen LogP contribution in [-0.2, 0) is 0 Å². The van der Waals surface area contributed by atoms with E-state index in [0.717, 1.165) is 24.3 Å². The second-order valence-corrected chi connectivity index (χ2v) is 5.65. The summed E-state index contributed by atoms with van der Waals surface area (Å²) in [4.78, 5) is 7.97. The molecular weight excluding hydrogens is 236 g/mol. The van der Waals surface area contributed by atoms with Gasteiger partial charge in [0.25, 0.3) is 0 Å². The van der Waals surface area contributed by atoms with Crippen LogP contribution < -0.4 is 11.1 Å². The molecule has 17 heavy (non-hydrogen) atoms. The first kappa shape index (κ1) is 11.1. The fraction of sp³-hybridized carbons (Fsp3) is 0.667. The highest BCUT2D eigenvalue weighted by molar-refractivity contribution is 6.32. The van der Waals surface area contributed by atoms with Crippen LogP contribution in [0.15, 0.2) is 6.20 Å². The highest BCUT2D eigenvalue weighted by Gasteiger charge is 2.39. The van der Waals surface area contributed by atoms with E-state index in [1.54, 1.807) is 6.20 Å². The van der Waals surface area contributed by atoms with E-state index >= 15 is 0 Å². The number of nitrogens with two attached hydrogens (primary N) is 1. The fourth-order valence-electron chi connectivity index (χ4n) is 3.36.